The SMILES string of the molecule is Cc1csc2c(N3CCC(NC(=O)C(C)(C)Cc4ccncc4)CC3)nc(Cl)nc12. The van der Waals surface area contributed by atoms with E-state index in [1.165, 1.54) is 0 Å². The number of piperidine rings is 1. The van der Waals surface area contributed by atoms with Gasteiger partial charge in [-0.1, -0.05) is 13.8 Å². The number of carbonyl (C=O) groups excluding carboxylic acids is 1. The minimum Gasteiger partial charge on any atom is -0.355 e. The third kappa shape index (κ3) is 4.42. The van der Waals surface area contributed by atoms with E-state index >= 15 is 0 Å². The fourth-order valence-electron chi connectivity index (χ4n) is 3.91. The Kier molecular flexibility index (Phi) is 5.93. The van der Waals surface area contributed by atoms with Crippen LogP contribution in [0.25, 0.3) is 10.2 Å². The maximum absolute atomic E-state index is 12.9. The van der Waals surface area contributed by atoms with Gasteiger partial charge in [0.05, 0.1) is 10.2 Å². The minimum absolute atomic E-state index is 0.0964. The Morgan fingerprint density at radius 1 is 1.27 bits per heavy atom. The van der Waals surface area contributed by atoms with Crippen LogP contribution in [0.5, 0.6) is 0 Å². The molecule has 158 valence electrons. The topological polar surface area (TPSA) is 71.0 Å². The summed E-state index contributed by atoms with van der Waals surface area (Å²) >= 11 is 7.84. The Bertz CT molecular complexity index is 1040. The number of aryl methyl sites for hydroxylation is 1. The van der Waals surface area contributed by atoms with Crippen LogP contribution >= 0.6 is 22.9 Å². The van der Waals surface area contributed by atoms with Gasteiger partial charge in [-0.05, 0) is 66.4 Å². The smallest absolute Gasteiger partial charge is 0.226 e. The lowest BCUT2D eigenvalue weighted by Gasteiger charge is -2.35. The van der Waals surface area contributed by atoms with Crippen LogP contribution in [0.4, 0.5) is 5.82 Å². The van der Waals surface area contributed by atoms with Crippen molar-refractivity contribution in [1.82, 2.24) is 20.3 Å². The second-order valence-electron chi connectivity index (χ2n) is 8.56. The Hall–Kier alpha value is -2.25. The molecular weight excluding hydrogens is 418 g/mol. The summed E-state index contributed by atoms with van der Waals surface area (Å²) in [5, 5.41) is 5.65. The van der Waals surface area contributed by atoms with Crippen molar-refractivity contribution in [1.29, 1.82) is 0 Å². The summed E-state index contributed by atoms with van der Waals surface area (Å²) in [5.41, 5.74) is 2.71. The summed E-state index contributed by atoms with van der Waals surface area (Å²) < 4.78 is 1.08. The second kappa shape index (κ2) is 8.47. The lowest BCUT2D eigenvalue weighted by atomic mass is 9.84. The number of nitrogens with one attached hydrogen (secondary N) is 1. The Morgan fingerprint density at radius 3 is 2.67 bits per heavy atom. The molecule has 4 rings (SSSR count). The van der Waals surface area contributed by atoms with Crippen molar-refractivity contribution in [2.75, 3.05) is 18.0 Å². The second-order valence-corrected chi connectivity index (χ2v) is 9.78. The number of thiophene rings is 1. The number of pyridine rings is 1. The molecule has 1 saturated heterocycles. The van der Waals surface area contributed by atoms with Gasteiger partial charge in [0.1, 0.15) is 0 Å². The predicted octanol–water partition coefficient (Wildman–Crippen LogP) is 4.40. The van der Waals surface area contributed by atoms with Crippen LogP contribution in [-0.4, -0.2) is 40.0 Å². The van der Waals surface area contributed by atoms with Gasteiger partial charge in [-0.15, -0.1) is 11.3 Å². The predicted molar refractivity (Wildman–Crippen MR) is 122 cm³/mol. The van der Waals surface area contributed by atoms with E-state index in [1.54, 1.807) is 23.7 Å². The van der Waals surface area contributed by atoms with Gasteiger partial charge in [0.25, 0.3) is 0 Å². The van der Waals surface area contributed by atoms with Gasteiger partial charge in [-0.2, -0.15) is 4.98 Å². The van der Waals surface area contributed by atoms with Gasteiger partial charge in [-0.25, -0.2) is 4.98 Å². The molecule has 0 unspecified atom stereocenters. The van der Waals surface area contributed by atoms with E-state index < -0.39 is 5.41 Å². The molecule has 30 heavy (non-hydrogen) atoms. The quantitative estimate of drug-likeness (QED) is 0.591. The van der Waals surface area contributed by atoms with E-state index in [2.05, 4.69) is 30.5 Å². The third-order valence-corrected chi connectivity index (χ3v) is 6.94. The zero-order valence-corrected chi connectivity index (χ0v) is 19.1. The van der Waals surface area contributed by atoms with Crippen molar-refractivity contribution in [2.24, 2.45) is 5.41 Å². The van der Waals surface area contributed by atoms with E-state index in [0.29, 0.717) is 6.42 Å². The van der Waals surface area contributed by atoms with Crippen LogP contribution in [-0.2, 0) is 11.2 Å². The van der Waals surface area contributed by atoms with Crippen molar-refractivity contribution in [2.45, 2.75) is 46.1 Å². The van der Waals surface area contributed by atoms with E-state index in [4.69, 9.17) is 11.6 Å². The number of fused-ring (bicyclic) bond motifs is 1. The van der Waals surface area contributed by atoms with Crippen LogP contribution in [0.15, 0.2) is 29.9 Å². The van der Waals surface area contributed by atoms with Gasteiger partial charge in [0, 0.05) is 36.9 Å². The molecule has 0 aliphatic carbocycles. The van der Waals surface area contributed by atoms with E-state index in [-0.39, 0.29) is 17.2 Å². The van der Waals surface area contributed by atoms with Crippen LogP contribution in [0.1, 0.15) is 37.8 Å². The summed E-state index contributed by atoms with van der Waals surface area (Å²) in [4.78, 5) is 28.1. The third-order valence-electron chi connectivity index (χ3n) is 5.69. The number of carbonyl (C=O) groups is 1. The van der Waals surface area contributed by atoms with E-state index in [0.717, 1.165) is 53.1 Å². The molecule has 1 amide bonds. The molecule has 0 bridgehead atoms. The molecule has 1 fully saturated rings. The highest BCUT2D eigenvalue weighted by Gasteiger charge is 2.31. The average molecular weight is 444 g/mol. The monoisotopic (exact) mass is 443 g/mol. The normalized spacial score (nSPS) is 15.5. The van der Waals surface area contributed by atoms with Gasteiger partial charge in [0.15, 0.2) is 5.82 Å². The molecular formula is C22H26ClN5OS. The highest BCUT2D eigenvalue weighted by Crippen LogP contribution is 2.34. The van der Waals surface area contributed by atoms with Gasteiger partial charge < -0.3 is 10.2 Å². The van der Waals surface area contributed by atoms with Crippen molar-refractivity contribution in [3.63, 3.8) is 0 Å². The molecule has 1 aliphatic rings. The largest absolute Gasteiger partial charge is 0.355 e. The van der Waals surface area contributed by atoms with Crippen LogP contribution < -0.4 is 10.2 Å². The molecule has 0 aromatic carbocycles. The first-order chi connectivity index (χ1) is 14.3. The highest BCUT2D eigenvalue weighted by molar-refractivity contribution is 7.18. The van der Waals surface area contributed by atoms with Crippen molar-refractivity contribution in [3.05, 3.63) is 46.3 Å². The highest BCUT2D eigenvalue weighted by atomic mass is 35.5. The fourth-order valence-corrected chi connectivity index (χ4v) is 5.08. The molecule has 6 nitrogen and oxygen atoms in total. The lowest BCUT2D eigenvalue weighted by Crippen LogP contribution is -2.49. The number of anilines is 1. The molecule has 1 aliphatic heterocycles. The number of hydrogen-bond acceptors (Lipinski definition) is 6. The molecule has 0 saturated carbocycles. The van der Waals surface area contributed by atoms with Crippen LogP contribution in [0, 0.1) is 12.3 Å². The van der Waals surface area contributed by atoms with Crippen molar-refractivity contribution in [3.8, 4) is 0 Å². The number of halogens is 1. The minimum atomic E-state index is -0.473. The first-order valence-corrected chi connectivity index (χ1v) is 11.5. The summed E-state index contributed by atoms with van der Waals surface area (Å²) in [7, 11) is 0. The number of rotatable bonds is 5. The average Bonchev–Trinajstić information content (AvgIpc) is 3.09. The zero-order chi connectivity index (χ0) is 21.3. The fraction of sp³-hybridized carbons (Fsp3) is 0.455. The lowest BCUT2D eigenvalue weighted by molar-refractivity contribution is -0.130. The molecule has 0 radical (unpaired) electrons. The zero-order valence-electron chi connectivity index (χ0n) is 17.5. The van der Waals surface area contributed by atoms with Gasteiger partial charge >= 0.3 is 0 Å². The Labute approximate surface area is 185 Å². The van der Waals surface area contributed by atoms with Gasteiger partial charge in [0.2, 0.25) is 11.2 Å². The molecule has 1 N–H and O–H groups in total. The molecule has 3 aromatic rings. The first-order valence-electron chi connectivity index (χ1n) is 10.2. The van der Waals surface area contributed by atoms with Crippen LogP contribution in [0.3, 0.4) is 0 Å². The maximum atomic E-state index is 12.9. The first kappa shape index (κ1) is 21.0. The van der Waals surface area contributed by atoms with Crippen molar-refractivity contribution < 1.29 is 4.79 Å². The molecule has 3 aromatic heterocycles. The van der Waals surface area contributed by atoms with Gasteiger partial charge in [-0.3, -0.25) is 9.78 Å². The van der Waals surface area contributed by atoms with Crippen LogP contribution in [0.2, 0.25) is 5.28 Å². The Morgan fingerprint density at radius 2 is 1.97 bits per heavy atom. The molecule has 0 spiro atoms. The number of aromatic nitrogens is 3. The molecule has 4 heterocycles. The summed E-state index contributed by atoms with van der Waals surface area (Å²) in [6.45, 7) is 7.69. The summed E-state index contributed by atoms with van der Waals surface area (Å²) in [5.74, 6) is 1.00. The number of amides is 1. The summed E-state index contributed by atoms with van der Waals surface area (Å²) in [6, 6.07) is 4.10. The van der Waals surface area contributed by atoms with Crippen molar-refractivity contribution >= 4 is 44.9 Å². The van der Waals surface area contributed by atoms with E-state index in [9.17, 15) is 4.79 Å². The number of nitrogens with zero attached hydrogens (tertiary/aromatic N) is 4. The summed E-state index contributed by atoms with van der Waals surface area (Å²) in [6.07, 6.45) is 5.99. The number of hydrogen-bond donors (Lipinski definition) is 1. The molecule has 8 heteroatoms. The Balaban J connectivity index is 1.39. The maximum Gasteiger partial charge on any atom is 0.226 e. The molecule has 0 atom stereocenters. The van der Waals surface area contributed by atoms with E-state index in [1.807, 2.05) is 32.9 Å². The standard InChI is InChI=1S/C22H26ClN5OS/c1-14-13-30-18-17(14)26-21(23)27-19(18)28-10-6-16(7-11-28)25-20(29)22(2,3)12-15-4-8-24-9-5-15/h4-5,8-9,13,16H,6-7,10-12H2,1-3H3,(H,25,29).